The number of carbonyl (C=O) groups is 2. The van der Waals surface area contributed by atoms with Crippen LogP contribution in [0.5, 0.6) is 0 Å². The average molecular weight is 1030 g/mol. The van der Waals surface area contributed by atoms with Crippen LogP contribution in [0.2, 0.25) is 0 Å². The molecule has 0 heterocycles. The standard InChI is InChI=1S/C51H84O17P2/c1-3-5-7-9-11-12-13-14-15-16-17-18-19-20-21-22-26-30-34-38-44(53)64-40-43(41-65-70(62,63)68-51-48(57)46(55)47(56)50(49(51)58)67-69(59,60)61)66-45(54)39-35-31-27-23-25-29-33-37-42(52)36-32-28-24-10-8-6-4-2/h5,7,11-12,14-15,17-18,23-24,27-29,32-33,36,42-43,46-52,55-58H,3-4,6,8-10,13,16,19-22,25-26,30-31,34-35,37-41H2,1-2H3,(H,62,63)(H2,59,60,61)/b7-5-,12-11-,15-14-,18-17-,27-23+,28-24-,33-29-,36-32-/t42-,43+,46?,47?,48?,49?,50+,51-/m0/s1. The number of phosphoric acid groups is 2. The minimum atomic E-state index is -5.39. The van der Waals surface area contributed by atoms with Crippen molar-refractivity contribution in [2.75, 3.05) is 13.2 Å². The van der Waals surface area contributed by atoms with Crippen molar-refractivity contribution < 1.29 is 82.0 Å². The summed E-state index contributed by atoms with van der Waals surface area (Å²) in [6.45, 7) is 2.83. The second-order valence-corrected chi connectivity index (χ2v) is 19.6. The van der Waals surface area contributed by atoms with Crippen LogP contribution in [0.4, 0.5) is 0 Å². The van der Waals surface area contributed by atoms with E-state index in [9.17, 15) is 58.9 Å². The topological polar surface area (TPSA) is 276 Å². The molecule has 1 aliphatic carbocycles. The molecule has 70 heavy (non-hydrogen) atoms. The van der Waals surface area contributed by atoms with Crippen LogP contribution in [0.25, 0.3) is 0 Å². The molecule has 0 aromatic heterocycles. The van der Waals surface area contributed by atoms with Gasteiger partial charge in [-0.2, -0.15) is 0 Å². The third kappa shape index (κ3) is 34.3. The first kappa shape index (κ1) is 64.9. The van der Waals surface area contributed by atoms with Gasteiger partial charge in [-0.3, -0.25) is 23.2 Å². The summed E-state index contributed by atoms with van der Waals surface area (Å²) in [6, 6.07) is 0. The summed E-state index contributed by atoms with van der Waals surface area (Å²) in [4.78, 5) is 54.4. The molecule has 8 N–H and O–H groups in total. The molecule has 1 fully saturated rings. The maximum Gasteiger partial charge on any atom is 0.472 e. The van der Waals surface area contributed by atoms with Crippen LogP contribution in [0.3, 0.4) is 0 Å². The van der Waals surface area contributed by atoms with Crippen molar-refractivity contribution in [1.82, 2.24) is 0 Å². The van der Waals surface area contributed by atoms with E-state index >= 15 is 0 Å². The maximum atomic E-state index is 13.0. The van der Waals surface area contributed by atoms with Crippen LogP contribution >= 0.6 is 15.6 Å². The van der Waals surface area contributed by atoms with Gasteiger partial charge in [-0.25, -0.2) is 9.13 Å². The molecule has 17 nitrogen and oxygen atoms in total. The summed E-state index contributed by atoms with van der Waals surface area (Å²) in [5.41, 5.74) is 0. The fourth-order valence-electron chi connectivity index (χ4n) is 6.85. The Hall–Kier alpha value is -3.12. The number of ether oxygens (including phenoxy) is 2. The largest absolute Gasteiger partial charge is 0.472 e. The number of hydrogen-bond acceptors (Lipinski definition) is 14. The van der Waals surface area contributed by atoms with E-state index in [1.54, 1.807) is 6.08 Å². The molecular weight excluding hydrogens is 946 g/mol. The van der Waals surface area contributed by atoms with Gasteiger partial charge in [0.2, 0.25) is 0 Å². The zero-order valence-electron chi connectivity index (χ0n) is 41.3. The van der Waals surface area contributed by atoms with Crippen molar-refractivity contribution >= 4 is 27.6 Å². The van der Waals surface area contributed by atoms with Gasteiger partial charge >= 0.3 is 27.6 Å². The summed E-state index contributed by atoms with van der Waals surface area (Å²) in [5.74, 6) is -1.34. The first-order chi connectivity index (χ1) is 33.5. The highest BCUT2D eigenvalue weighted by Crippen LogP contribution is 2.49. The molecule has 0 aromatic carbocycles. The number of allylic oxidation sites excluding steroid dienone is 14. The summed E-state index contributed by atoms with van der Waals surface area (Å²) in [6.07, 6.45) is 33.8. The number of rotatable bonds is 40. The van der Waals surface area contributed by atoms with Gasteiger partial charge in [0, 0.05) is 12.8 Å². The molecular formula is C51H84O17P2. The molecule has 1 rings (SSSR count). The first-order valence-corrected chi connectivity index (χ1v) is 27.9. The van der Waals surface area contributed by atoms with Crippen molar-refractivity contribution in [3.8, 4) is 0 Å². The number of aliphatic hydroxyl groups is 5. The van der Waals surface area contributed by atoms with Crippen LogP contribution < -0.4 is 0 Å². The fraction of sp³-hybridized carbons (Fsp3) is 0.647. The molecule has 0 amide bonds. The van der Waals surface area contributed by atoms with Crippen LogP contribution in [0.15, 0.2) is 97.2 Å². The highest BCUT2D eigenvalue weighted by Gasteiger charge is 2.54. The average Bonchev–Trinajstić information content (AvgIpc) is 3.31. The Bertz CT molecular complexity index is 1730. The predicted molar refractivity (Wildman–Crippen MR) is 270 cm³/mol. The van der Waals surface area contributed by atoms with Crippen molar-refractivity contribution in [2.45, 2.75) is 198 Å². The van der Waals surface area contributed by atoms with E-state index in [1.807, 2.05) is 36.5 Å². The zero-order valence-corrected chi connectivity index (χ0v) is 43.1. The molecule has 1 saturated carbocycles. The molecule has 0 aromatic rings. The Balaban J connectivity index is 2.64. The van der Waals surface area contributed by atoms with Crippen molar-refractivity contribution in [2.24, 2.45) is 0 Å². The van der Waals surface area contributed by atoms with Gasteiger partial charge in [-0.1, -0.05) is 150 Å². The second kappa shape index (κ2) is 40.4. The van der Waals surface area contributed by atoms with E-state index in [0.717, 1.165) is 77.0 Å². The van der Waals surface area contributed by atoms with E-state index in [1.165, 1.54) is 12.8 Å². The quantitative estimate of drug-likeness (QED) is 0.00935. The Morgan fingerprint density at radius 3 is 1.67 bits per heavy atom. The number of hydrogen-bond donors (Lipinski definition) is 8. The Morgan fingerprint density at radius 1 is 0.543 bits per heavy atom. The Morgan fingerprint density at radius 2 is 1.06 bits per heavy atom. The lowest BCUT2D eigenvalue weighted by Gasteiger charge is -2.43. The molecule has 0 bridgehead atoms. The monoisotopic (exact) mass is 1030 g/mol. The molecule has 1 aliphatic rings. The Kier molecular flexibility index (Phi) is 37.4. The maximum absolute atomic E-state index is 13.0. The highest BCUT2D eigenvalue weighted by atomic mass is 31.2. The number of phosphoric ester groups is 2. The van der Waals surface area contributed by atoms with Crippen LogP contribution in [0, 0.1) is 0 Å². The van der Waals surface area contributed by atoms with Crippen molar-refractivity contribution in [3.63, 3.8) is 0 Å². The molecule has 9 atom stereocenters. The van der Waals surface area contributed by atoms with Gasteiger partial charge in [0.05, 0.1) is 12.7 Å². The summed E-state index contributed by atoms with van der Waals surface area (Å²) in [5, 5.41) is 51.4. The van der Waals surface area contributed by atoms with Gasteiger partial charge in [0.25, 0.3) is 0 Å². The fourth-order valence-corrected chi connectivity index (χ4v) is 8.39. The number of carbonyl (C=O) groups excluding carboxylic acids is 2. The molecule has 0 aliphatic heterocycles. The SMILES string of the molecule is CC/C=C\C/C=C\C/C=C\C/C=C\CCCCCCCCC(=O)OC[C@H](COP(=O)(O)O[C@H]1C(O)C(O)C(O)[C@@H](OP(=O)(O)O)C1O)OC(=O)CCC/C=C/C/C=C\C[C@@H](O)/C=C\C=C/CCCCC. The molecule has 400 valence electrons. The van der Waals surface area contributed by atoms with Gasteiger partial charge in [0.1, 0.15) is 43.2 Å². The lowest BCUT2D eigenvalue weighted by Crippen LogP contribution is -2.64. The number of aliphatic hydroxyl groups excluding tert-OH is 5. The van der Waals surface area contributed by atoms with Crippen LogP contribution in [-0.4, -0.2) is 114 Å². The highest BCUT2D eigenvalue weighted by molar-refractivity contribution is 7.47. The summed E-state index contributed by atoms with van der Waals surface area (Å²) >= 11 is 0. The van der Waals surface area contributed by atoms with E-state index in [0.29, 0.717) is 32.1 Å². The van der Waals surface area contributed by atoms with E-state index < -0.39 is 89.6 Å². The van der Waals surface area contributed by atoms with Crippen molar-refractivity contribution in [1.29, 1.82) is 0 Å². The minimum Gasteiger partial charge on any atom is -0.462 e. The lowest BCUT2D eigenvalue weighted by atomic mass is 9.85. The predicted octanol–water partition coefficient (Wildman–Crippen LogP) is 8.92. The zero-order chi connectivity index (χ0) is 51.9. The van der Waals surface area contributed by atoms with E-state index in [2.05, 4.69) is 73.1 Å². The molecule has 0 spiro atoms. The van der Waals surface area contributed by atoms with Gasteiger partial charge in [0.15, 0.2) is 6.10 Å². The summed E-state index contributed by atoms with van der Waals surface area (Å²) in [7, 11) is -10.7. The Labute approximate surface area is 416 Å². The van der Waals surface area contributed by atoms with Crippen molar-refractivity contribution in [3.05, 3.63) is 97.2 Å². The van der Waals surface area contributed by atoms with Gasteiger partial charge in [-0.05, 0) is 83.5 Å². The van der Waals surface area contributed by atoms with Gasteiger partial charge in [-0.15, -0.1) is 0 Å². The number of unbranched alkanes of at least 4 members (excludes halogenated alkanes) is 10. The second-order valence-electron chi connectivity index (χ2n) is 17.0. The van der Waals surface area contributed by atoms with Gasteiger partial charge < -0.3 is 49.7 Å². The third-order valence-electron chi connectivity index (χ3n) is 10.7. The van der Waals surface area contributed by atoms with Crippen LogP contribution in [0.1, 0.15) is 149 Å². The third-order valence-corrected chi connectivity index (χ3v) is 12.2. The normalized spacial score (nSPS) is 22.3. The smallest absolute Gasteiger partial charge is 0.462 e. The first-order valence-electron chi connectivity index (χ1n) is 24.9. The molecule has 5 unspecified atom stereocenters. The number of esters is 2. The van der Waals surface area contributed by atoms with Crippen LogP contribution in [-0.2, 0) is 41.8 Å². The van der Waals surface area contributed by atoms with E-state index in [-0.39, 0.29) is 12.8 Å². The van der Waals surface area contributed by atoms with E-state index in [4.69, 9.17) is 18.5 Å². The minimum absolute atomic E-state index is 0.0740. The molecule has 0 radical (unpaired) electrons. The lowest BCUT2D eigenvalue weighted by molar-refractivity contribution is -0.216. The molecule has 19 heteroatoms. The summed E-state index contributed by atoms with van der Waals surface area (Å²) < 4.78 is 49.3. The molecule has 0 saturated heterocycles.